The summed E-state index contributed by atoms with van der Waals surface area (Å²) in [7, 11) is -3.53. The van der Waals surface area contributed by atoms with Crippen LogP contribution in [-0.2, 0) is 14.8 Å². The minimum absolute atomic E-state index is 0.0857. The first kappa shape index (κ1) is 20.4. The number of nitrogens with zero attached hydrogens (tertiary/aromatic N) is 1. The van der Waals surface area contributed by atoms with Crippen LogP contribution in [-0.4, -0.2) is 37.8 Å². The third kappa shape index (κ3) is 4.48. The number of hydrogen-bond acceptors (Lipinski definition) is 3. The molecule has 1 heterocycles. The number of carbonyl (C=O) groups excluding carboxylic acids is 1. The van der Waals surface area contributed by atoms with Crippen molar-refractivity contribution in [3.63, 3.8) is 0 Å². The molecule has 0 radical (unpaired) electrons. The predicted octanol–water partition coefficient (Wildman–Crippen LogP) is 3.94. The van der Waals surface area contributed by atoms with E-state index in [1.165, 1.54) is 17.1 Å². The molecule has 156 valence electrons. The normalized spacial score (nSPS) is 24.4. The third-order valence-electron chi connectivity index (χ3n) is 6.55. The van der Waals surface area contributed by atoms with E-state index in [0.717, 1.165) is 29.5 Å². The van der Waals surface area contributed by atoms with Crippen molar-refractivity contribution in [2.75, 3.05) is 13.1 Å². The van der Waals surface area contributed by atoms with Crippen molar-refractivity contribution >= 4 is 26.7 Å². The largest absolute Gasteiger partial charge is 0.353 e. The highest BCUT2D eigenvalue weighted by Crippen LogP contribution is 2.28. The Kier molecular flexibility index (Phi) is 5.93. The molecule has 1 N–H and O–H groups in total. The lowest BCUT2D eigenvalue weighted by molar-refractivity contribution is -0.127. The number of benzene rings is 2. The van der Waals surface area contributed by atoms with Gasteiger partial charge in [-0.2, -0.15) is 4.31 Å². The Morgan fingerprint density at radius 1 is 0.931 bits per heavy atom. The van der Waals surface area contributed by atoms with Gasteiger partial charge in [0.15, 0.2) is 0 Å². The fraction of sp³-hybridized carbons (Fsp3) is 0.522. The predicted molar refractivity (Wildman–Crippen MR) is 115 cm³/mol. The zero-order chi connectivity index (χ0) is 20.4. The Morgan fingerprint density at radius 3 is 2.28 bits per heavy atom. The van der Waals surface area contributed by atoms with Crippen molar-refractivity contribution < 1.29 is 13.2 Å². The Morgan fingerprint density at radius 2 is 1.59 bits per heavy atom. The molecule has 1 saturated heterocycles. The van der Waals surface area contributed by atoms with E-state index in [2.05, 4.69) is 12.2 Å². The molecule has 2 aromatic rings. The minimum Gasteiger partial charge on any atom is -0.353 e. The van der Waals surface area contributed by atoms with Gasteiger partial charge in [0.1, 0.15) is 0 Å². The van der Waals surface area contributed by atoms with Gasteiger partial charge in [-0.25, -0.2) is 8.42 Å². The molecule has 2 aliphatic rings. The molecule has 6 heteroatoms. The van der Waals surface area contributed by atoms with Crippen LogP contribution in [0.15, 0.2) is 47.4 Å². The lowest BCUT2D eigenvalue weighted by atomic mass is 9.87. The van der Waals surface area contributed by atoms with E-state index < -0.39 is 10.0 Å². The van der Waals surface area contributed by atoms with Crippen molar-refractivity contribution in [3.8, 4) is 0 Å². The molecular formula is C23H30N2O3S. The summed E-state index contributed by atoms with van der Waals surface area (Å²) >= 11 is 0. The molecular weight excluding hydrogens is 384 g/mol. The zero-order valence-electron chi connectivity index (χ0n) is 17.0. The number of nitrogens with one attached hydrogen (secondary N) is 1. The van der Waals surface area contributed by atoms with Crippen molar-refractivity contribution in [1.29, 1.82) is 0 Å². The van der Waals surface area contributed by atoms with Crippen LogP contribution in [0.25, 0.3) is 10.8 Å². The summed E-state index contributed by atoms with van der Waals surface area (Å²) in [6.45, 7) is 3.06. The van der Waals surface area contributed by atoms with Crippen molar-refractivity contribution in [2.24, 2.45) is 11.8 Å². The second kappa shape index (κ2) is 8.44. The highest BCUT2D eigenvalue weighted by atomic mass is 32.2. The summed E-state index contributed by atoms with van der Waals surface area (Å²) in [5.74, 6) is 0.774. The van der Waals surface area contributed by atoms with Gasteiger partial charge >= 0.3 is 0 Å². The van der Waals surface area contributed by atoms with Crippen LogP contribution in [0.1, 0.15) is 45.4 Å². The number of sulfonamides is 1. The van der Waals surface area contributed by atoms with Crippen molar-refractivity contribution in [3.05, 3.63) is 42.5 Å². The van der Waals surface area contributed by atoms with Crippen LogP contribution >= 0.6 is 0 Å². The first-order chi connectivity index (χ1) is 13.9. The molecule has 4 rings (SSSR count). The third-order valence-corrected chi connectivity index (χ3v) is 8.44. The smallest absolute Gasteiger partial charge is 0.243 e. The lowest BCUT2D eigenvalue weighted by Crippen LogP contribution is -2.46. The average molecular weight is 415 g/mol. The van der Waals surface area contributed by atoms with Crippen LogP contribution in [0.4, 0.5) is 0 Å². The van der Waals surface area contributed by atoms with E-state index in [-0.39, 0.29) is 17.9 Å². The first-order valence-electron chi connectivity index (χ1n) is 10.7. The molecule has 1 saturated carbocycles. The van der Waals surface area contributed by atoms with Crippen LogP contribution in [0.3, 0.4) is 0 Å². The summed E-state index contributed by atoms with van der Waals surface area (Å²) in [6.07, 6.45) is 5.63. The van der Waals surface area contributed by atoms with Gasteiger partial charge in [-0.15, -0.1) is 0 Å². The highest BCUT2D eigenvalue weighted by Gasteiger charge is 2.33. The van der Waals surface area contributed by atoms with E-state index in [1.807, 2.05) is 30.3 Å². The van der Waals surface area contributed by atoms with E-state index in [0.29, 0.717) is 30.8 Å². The molecule has 5 nitrogen and oxygen atoms in total. The summed E-state index contributed by atoms with van der Waals surface area (Å²) in [6, 6.07) is 13.3. The topological polar surface area (TPSA) is 66.5 Å². The molecule has 0 aromatic heterocycles. The Labute approximate surface area is 173 Å². The molecule has 0 bridgehead atoms. The van der Waals surface area contributed by atoms with Crippen LogP contribution in [0.2, 0.25) is 0 Å². The Hall–Kier alpha value is -1.92. The fourth-order valence-electron chi connectivity index (χ4n) is 4.56. The minimum atomic E-state index is -3.53. The zero-order valence-corrected chi connectivity index (χ0v) is 17.8. The maximum Gasteiger partial charge on any atom is 0.243 e. The number of fused-ring (bicyclic) bond motifs is 1. The summed E-state index contributed by atoms with van der Waals surface area (Å²) in [4.78, 5) is 13.0. The van der Waals surface area contributed by atoms with E-state index in [1.54, 1.807) is 12.1 Å². The van der Waals surface area contributed by atoms with Gasteiger partial charge in [-0.3, -0.25) is 4.79 Å². The van der Waals surface area contributed by atoms with Crippen molar-refractivity contribution in [1.82, 2.24) is 9.62 Å². The number of rotatable bonds is 4. The molecule has 1 aliphatic carbocycles. The lowest BCUT2D eigenvalue weighted by Gasteiger charge is -2.33. The molecule has 2 aromatic carbocycles. The molecule has 2 fully saturated rings. The summed E-state index contributed by atoms with van der Waals surface area (Å²) in [5, 5.41) is 5.16. The Bertz CT molecular complexity index is 973. The summed E-state index contributed by atoms with van der Waals surface area (Å²) < 4.78 is 27.7. The van der Waals surface area contributed by atoms with Crippen molar-refractivity contribution in [2.45, 2.75) is 56.4 Å². The van der Waals surface area contributed by atoms with Gasteiger partial charge in [0.25, 0.3) is 0 Å². The van der Waals surface area contributed by atoms with Crippen LogP contribution in [0.5, 0.6) is 0 Å². The molecule has 1 amide bonds. The SMILES string of the molecule is CC1CCC(NC(=O)C2CCN(S(=O)(=O)c3ccc4ccccc4c3)CC2)CC1. The quantitative estimate of drug-likeness (QED) is 0.824. The van der Waals surface area contributed by atoms with Gasteiger partial charge in [-0.05, 0) is 67.3 Å². The maximum absolute atomic E-state index is 13.1. The van der Waals surface area contributed by atoms with Gasteiger partial charge in [0, 0.05) is 25.0 Å². The average Bonchev–Trinajstić information content (AvgIpc) is 2.75. The second-order valence-corrected chi connectivity index (χ2v) is 10.6. The number of hydrogen-bond donors (Lipinski definition) is 1. The van der Waals surface area contributed by atoms with Gasteiger partial charge in [0.2, 0.25) is 15.9 Å². The number of piperidine rings is 1. The molecule has 0 atom stereocenters. The van der Waals surface area contributed by atoms with Gasteiger partial charge < -0.3 is 5.32 Å². The second-order valence-electron chi connectivity index (χ2n) is 8.65. The molecule has 0 spiro atoms. The van der Waals surface area contributed by atoms with Gasteiger partial charge in [-0.1, -0.05) is 37.3 Å². The van der Waals surface area contributed by atoms with E-state index in [9.17, 15) is 13.2 Å². The molecule has 29 heavy (non-hydrogen) atoms. The fourth-order valence-corrected chi connectivity index (χ4v) is 6.06. The van der Waals surface area contributed by atoms with Crippen LogP contribution in [0, 0.1) is 11.8 Å². The molecule has 1 aliphatic heterocycles. The van der Waals surface area contributed by atoms with E-state index in [4.69, 9.17) is 0 Å². The van der Waals surface area contributed by atoms with E-state index >= 15 is 0 Å². The maximum atomic E-state index is 13.1. The number of amides is 1. The summed E-state index contributed by atoms with van der Waals surface area (Å²) in [5.41, 5.74) is 0. The monoisotopic (exact) mass is 414 g/mol. The molecule has 0 unspecified atom stereocenters. The van der Waals surface area contributed by atoms with Gasteiger partial charge in [0.05, 0.1) is 4.90 Å². The van der Waals surface area contributed by atoms with Crippen LogP contribution < -0.4 is 5.32 Å². The standard InChI is InChI=1S/C23H30N2O3S/c1-17-6-9-21(10-7-17)24-23(26)19-12-14-25(15-13-19)29(27,28)22-11-8-18-4-2-3-5-20(18)16-22/h2-5,8,11,16-17,19,21H,6-7,9-10,12-15H2,1H3,(H,24,26). The first-order valence-corrected chi connectivity index (χ1v) is 12.2. The Balaban J connectivity index is 1.37. The highest BCUT2D eigenvalue weighted by molar-refractivity contribution is 7.89. The number of carbonyl (C=O) groups is 1.